The Morgan fingerprint density at radius 2 is 1.31 bits per heavy atom. The Balaban J connectivity index is 1.73. The van der Waals surface area contributed by atoms with E-state index in [1.165, 1.54) is 4.90 Å². The topological polar surface area (TPSA) is 464 Å². The number of hydrogen-bond donors (Lipinski definition) is 14. The van der Waals surface area contributed by atoms with Crippen molar-refractivity contribution in [2.75, 3.05) is 31.1 Å². The van der Waals surface area contributed by atoms with Gasteiger partial charge in [0.1, 0.15) is 48.0 Å². The molecule has 0 bridgehead atoms. The molecule has 77 heavy (non-hydrogen) atoms. The molecule has 2 aliphatic heterocycles. The second kappa shape index (κ2) is 31.3. The number of guanidine groups is 1. The zero-order chi connectivity index (χ0) is 56.9. The number of nitrogens with zero attached hydrogens (tertiary/aromatic N) is 2. The number of rotatable bonds is 19. The summed E-state index contributed by atoms with van der Waals surface area (Å²) in [6, 6.07) is 0.180. The van der Waals surface area contributed by atoms with Crippen LogP contribution in [0.15, 0.2) is 47.5 Å². The lowest BCUT2D eigenvalue weighted by Crippen LogP contribution is -2.61. The zero-order valence-electron chi connectivity index (χ0n) is 41.4. The molecule has 0 spiro atoms. The minimum atomic E-state index is -1.80. The van der Waals surface area contributed by atoms with E-state index < -0.39 is 139 Å². The summed E-state index contributed by atoms with van der Waals surface area (Å²) >= 11 is 3.83. The predicted octanol–water partition coefficient (Wildman–Crippen LogP) is -4.20. The van der Waals surface area contributed by atoms with Crippen LogP contribution in [0.2, 0.25) is 0 Å². The normalized spacial score (nSPS) is 22.4. The average molecular weight is 1340 g/mol. The molecule has 31 heteroatoms. The molecule has 2 aromatic rings. The maximum absolute atomic E-state index is 14.6. The van der Waals surface area contributed by atoms with Crippen LogP contribution >= 0.6 is 66.8 Å². The number of phenolic OH excluding ortho intramolecular Hbond substituents is 1. The van der Waals surface area contributed by atoms with Crippen LogP contribution in [0.3, 0.4) is 0 Å². The minimum absolute atomic E-state index is 0.0000896. The molecular formula is C46H63I2N15O12S2. The van der Waals surface area contributed by atoms with E-state index in [0.717, 1.165) is 21.6 Å². The number of nitrogens with two attached hydrogens (primary N) is 6. The molecule has 11 amide bonds. The fourth-order valence-electron chi connectivity index (χ4n) is 7.90. The minimum Gasteiger partial charge on any atom is -0.506 e. The summed E-state index contributed by atoms with van der Waals surface area (Å²) in [5.74, 6) is -10.5. The SMILES string of the molecule is NC(=O)CC[C@@H]1NC(=O)[C@H](Cc2ccccc2)NC(=O)[C@H](Cc2cc(I)c(O)c(I)c2)NC(=O)[C@@H](N)CSSC[C@@H](C(=O)N2CCC[C@H]2C(=O)N[C@@H](CCCN=C(N)N)C(=O)NCC(N)=O)NC(=O)[C@H](CC(N)=O)NC1=O. The Bertz CT molecular complexity index is 2530. The fourth-order valence-corrected chi connectivity index (χ4v) is 12.1. The van der Waals surface area contributed by atoms with Crippen molar-refractivity contribution in [3.8, 4) is 5.75 Å². The van der Waals surface area contributed by atoms with Crippen LogP contribution < -0.4 is 71.6 Å². The molecular weight excluding hydrogens is 1270 g/mol. The van der Waals surface area contributed by atoms with Gasteiger partial charge in [-0.3, -0.25) is 57.7 Å². The molecule has 0 aromatic heterocycles. The molecule has 4 rings (SSSR count). The van der Waals surface area contributed by atoms with Gasteiger partial charge in [-0.2, -0.15) is 0 Å². The Labute approximate surface area is 477 Å². The lowest BCUT2D eigenvalue weighted by molar-refractivity contribution is -0.142. The standard InChI is InChI=1S/C46H63I2N15O12S2/c47-24-14-23(15-25(48)37(24)67)17-30-42(72)60-29(16-22-6-2-1-3-7-22)41(71)57-28(10-11-34(50)64)40(70)61-31(18-35(51)65)43(73)62-32(21-77-76-20-26(49)38(68)59-30)45(75)63-13-5-9-33(63)44(74)58-27(8-4-12-55-46(53)54)39(69)56-19-36(52)66/h1-3,6-7,14-15,26-33,67H,4-5,8-13,16-21,49H2,(H2,50,64)(H2,51,65)(H2,52,66)(H,56,69)(H,57,71)(H,58,74)(H,59,68)(H,60,72)(H,61,70)(H,62,73)(H4,53,54,55)/t26-,27-,28-,29-,30-,31-,32-,33-/m0/s1. The van der Waals surface area contributed by atoms with Crippen LogP contribution in [0.25, 0.3) is 0 Å². The third-order valence-electron chi connectivity index (χ3n) is 11.8. The maximum atomic E-state index is 14.6. The van der Waals surface area contributed by atoms with Crippen molar-refractivity contribution in [1.82, 2.24) is 42.1 Å². The van der Waals surface area contributed by atoms with Gasteiger partial charge in [0.25, 0.3) is 0 Å². The number of aliphatic imine (C=N–C) groups is 1. The summed E-state index contributed by atoms with van der Waals surface area (Å²) < 4.78 is 0.904. The van der Waals surface area contributed by atoms with Gasteiger partial charge in [0.15, 0.2) is 5.96 Å². The molecule has 8 atom stereocenters. The molecule has 2 fully saturated rings. The van der Waals surface area contributed by atoms with E-state index in [1.807, 2.05) is 45.2 Å². The molecule has 27 nitrogen and oxygen atoms in total. The van der Waals surface area contributed by atoms with Gasteiger partial charge in [0.05, 0.1) is 26.1 Å². The number of halogens is 2. The van der Waals surface area contributed by atoms with E-state index >= 15 is 0 Å². The van der Waals surface area contributed by atoms with E-state index in [-0.39, 0.29) is 68.4 Å². The molecule has 2 aromatic carbocycles. The molecule has 0 saturated carbocycles. The molecule has 2 saturated heterocycles. The van der Waals surface area contributed by atoms with Crippen LogP contribution in [0, 0.1) is 7.14 Å². The summed E-state index contributed by atoms with van der Waals surface area (Å²) in [6.07, 6.45) is -1.41. The molecule has 0 radical (unpaired) electrons. The van der Waals surface area contributed by atoms with Crippen molar-refractivity contribution < 1.29 is 57.8 Å². The van der Waals surface area contributed by atoms with Crippen molar-refractivity contribution in [2.24, 2.45) is 39.4 Å². The summed E-state index contributed by atoms with van der Waals surface area (Å²) in [6.45, 7) is -0.446. The lowest BCUT2D eigenvalue weighted by atomic mass is 10.0. The van der Waals surface area contributed by atoms with E-state index in [1.54, 1.807) is 42.5 Å². The lowest BCUT2D eigenvalue weighted by Gasteiger charge is -2.31. The maximum Gasteiger partial charge on any atom is 0.246 e. The second-order valence-corrected chi connectivity index (χ2v) is 22.7. The van der Waals surface area contributed by atoms with Crippen molar-refractivity contribution in [3.05, 3.63) is 60.7 Å². The first-order valence-electron chi connectivity index (χ1n) is 23.9. The molecule has 0 unspecified atom stereocenters. The quantitative estimate of drug-likeness (QED) is 0.0209. The third kappa shape index (κ3) is 20.9. The first kappa shape index (κ1) is 63.3. The highest BCUT2D eigenvalue weighted by Gasteiger charge is 2.41. The summed E-state index contributed by atoms with van der Waals surface area (Å²) in [7, 11) is 2.00. The number of amides is 11. The van der Waals surface area contributed by atoms with Crippen LogP contribution in [0.5, 0.6) is 5.75 Å². The number of carbonyl (C=O) groups is 11. The van der Waals surface area contributed by atoms with E-state index in [2.05, 4.69) is 42.2 Å². The monoisotopic (exact) mass is 1340 g/mol. The summed E-state index contributed by atoms with van der Waals surface area (Å²) in [4.78, 5) is 154. The highest BCUT2D eigenvalue weighted by atomic mass is 127. The van der Waals surface area contributed by atoms with Gasteiger partial charge < -0.3 is 81.6 Å². The molecule has 420 valence electrons. The third-order valence-corrected chi connectivity index (χ3v) is 15.9. The highest BCUT2D eigenvalue weighted by molar-refractivity contribution is 14.1. The smallest absolute Gasteiger partial charge is 0.246 e. The van der Waals surface area contributed by atoms with E-state index in [9.17, 15) is 57.8 Å². The number of carbonyl (C=O) groups excluding carboxylic acids is 11. The van der Waals surface area contributed by atoms with Gasteiger partial charge in [-0.15, -0.1) is 0 Å². The molecule has 2 aliphatic rings. The van der Waals surface area contributed by atoms with Gasteiger partial charge in [-0.05, 0) is 101 Å². The van der Waals surface area contributed by atoms with Gasteiger partial charge in [-0.25, -0.2) is 0 Å². The van der Waals surface area contributed by atoms with Gasteiger partial charge in [0.2, 0.25) is 65.0 Å². The number of benzene rings is 2. The number of aromatic hydroxyl groups is 1. The van der Waals surface area contributed by atoms with Crippen molar-refractivity contribution in [1.29, 1.82) is 0 Å². The Hall–Kier alpha value is -6.20. The second-order valence-electron chi connectivity index (χ2n) is 17.8. The Morgan fingerprint density at radius 3 is 1.92 bits per heavy atom. The van der Waals surface area contributed by atoms with Gasteiger partial charge in [0, 0.05) is 43.9 Å². The van der Waals surface area contributed by atoms with Crippen LogP contribution in [0.4, 0.5) is 0 Å². The van der Waals surface area contributed by atoms with Gasteiger partial charge in [-0.1, -0.05) is 51.9 Å². The van der Waals surface area contributed by atoms with E-state index in [0.29, 0.717) is 24.7 Å². The molecule has 2 heterocycles. The molecule has 0 aliphatic carbocycles. The first-order chi connectivity index (χ1) is 36.4. The largest absolute Gasteiger partial charge is 0.506 e. The zero-order valence-corrected chi connectivity index (χ0v) is 47.4. The number of nitrogens with one attached hydrogen (secondary N) is 7. The summed E-state index contributed by atoms with van der Waals surface area (Å²) in [5.41, 5.74) is 34.5. The van der Waals surface area contributed by atoms with E-state index in [4.69, 9.17) is 34.4 Å². The number of phenols is 1. The first-order valence-corrected chi connectivity index (χ1v) is 28.6. The number of primary amides is 3. The van der Waals surface area contributed by atoms with Crippen LogP contribution in [-0.4, -0.2) is 160 Å². The fraction of sp³-hybridized carbons (Fsp3) is 0.478. The average Bonchev–Trinajstić information content (AvgIpc) is 3.87. The number of likely N-dealkylation sites (tertiary alicyclic amines) is 1. The van der Waals surface area contributed by atoms with Crippen molar-refractivity contribution in [2.45, 2.75) is 106 Å². The molecule has 20 N–H and O–H groups in total. The van der Waals surface area contributed by atoms with Crippen molar-refractivity contribution in [3.63, 3.8) is 0 Å². The highest BCUT2D eigenvalue weighted by Crippen LogP contribution is 2.29. The Morgan fingerprint density at radius 1 is 0.740 bits per heavy atom. The van der Waals surface area contributed by atoms with Crippen LogP contribution in [-0.2, 0) is 65.6 Å². The van der Waals surface area contributed by atoms with Gasteiger partial charge >= 0.3 is 0 Å². The predicted molar refractivity (Wildman–Crippen MR) is 301 cm³/mol. The Kier molecular flexibility index (Phi) is 25.7. The van der Waals surface area contributed by atoms with Crippen molar-refractivity contribution >= 4 is 138 Å². The van der Waals surface area contributed by atoms with Crippen LogP contribution in [0.1, 0.15) is 56.1 Å². The number of hydrogen-bond acceptors (Lipinski definition) is 16. The summed E-state index contributed by atoms with van der Waals surface area (Å²) in [5, 5.41) is 28.3.